The van der Waals surface area contributed by atoms with Gasteiger partial charge in [0.05, 0.1) is 7.11 Å². The summed E-state index contributed by atoms with van der Waals surface area (Å²) in [7, 11) is -2.67. The summed E-state index contributed by atoms with van der Waals surface area (Å²) >= 11 is 0. The van der Waals surface area contributed by atoms with Crippen molar-refractivity contribution in [3.63, 3.8) is 0 Å². The van der Waals surface area contributed by atoms with Gasteiger partial charge in [-0.3, -0.25) is 9.52 Å². The molecule has 0 atom stereocenters. The van der Waals surface area contributed by atoms with E-state index in [1.807, 2.05) is 6.92 Å². The minimum atomic E-state index is -4.01. The third kappa shape index (κ3) is 4.77. The Morgan fingerprint density at radius 2 is 1.60 bits per heavy atom. The molecule has 1 amide bonds. The molecule has 0 radical (unpaired) electrons. The Kier molecular flexibility index (Phi) is 6.07. The van der Waals surface area contributed by atoms with Crippen LogP contribution in [-0.2, 0) is 10.0 Å². The molecule has 0 fully saturated rings. The predicted octanol–water partition coefficient (Wildman–Crippen LogP) is 4.50. The van der Waals surface area contributed by atoms with Crippen LogP contribution in [0.2, 0.25) is 0 Å². The molecule has 0 saturated carbocycles. The van der Waals surface area contributed by atoms with E-state index in [9.17, 15) is 17.6 Å². The molecule has 0 spiro atoms. The molecule has 0 aliphatic rings. The summed E-state index contributed by atoms with van der Waals surface area (Å²) in [5, 5.41) is 2.64. The first-order valence-electron chi connectivity index (χ1n) is 9.04. The van der Waals surface area contributed by atoms with Gasteiger partial charge in [-0.2, -0.15) is 0 Å². The summed E-state index contributed by atoms with van der Waals surface area (Å²) in [5.74, 6) is -0.813. The van der Waals surface area contributed by atoms with E-state index in [1.54, 1.807) is 31.2 Å². The van der Waals surface area contributed by atoms with Gasteiger partial charge < -0.3 is 10.1 Å². The van der Waals surface area contributed by atoms with Crippen molar-refractivity contribution in [2.45, 2.75) is 18.7 Å². The molecule has 30 heavy (non-hydrogen) atoms. The van der Waals surface area contributed by atoms with Crippen molar-refractivity contribution in [2.24, 2.45) is 0 Å². The molecule has 3 aromatic carbocycles. The number of sulfonamides is 1. The number of hydrogen-bond donors (Lipinski definition) is 2. The van der Waals surface area contributed by atoms with Crippen molar-refractivity contribution in [1.29, 1.82) is 0 Å². The number of halogens is 1. The fourth-order valence-corrected chi connectivity index (χ4v) is 4.04. The molecule has 0 aliphatic heterocycles. The maximum absolute atomic E-state index is 13.4. The molecule has 8 heteroatoms. The maximum atomic E-state index is 13.4. The molecule has 0 bridgehead atoms. The number of benzene rings is 3. The van der Waals surface area contributed by atoms with Crippen LogP contribution < -0.4 is 14.8 Å². The Morgan fingerprint density at radius 3 is 2.23 bits per heavy atom. The monoisotopic (exact) mass is 428 g/mol. The van der Waals surface area contributed by atoms with Gasteiger partial charge in [0, 0.05) is 16.9 Å². The lowest BCUT2D eigenvalue weighted by Crippen LogP contribution is -2.17. The average molecular weight is 428 g/mol. The second kappa shape index (κ2) is 8.54. The number of amides is 1. The molecule has 6 nitrogen and oxygen atoms in total. The van der Waals surface area contributed by atoms with E-state index in [4.69, 9.17) is 4.74 Å². The van der Waals surface area contributed by atoms with Crippen molar-refractivity contribution in [3.8, 4) is 5.75 Å². The average Bonchev–Trinajstić information content (AvgIpc) is 2.71. The van der Waals surface area contributed by atoms with E-state index in [0.29, 0.717) is 16.9 Å². The molecule has 0 saturated heterocycles. The first-order valence-corrected chi connectivity index (χ1v) is 10.5. The van der Waals surface area contributed by atoms with Crippen molar-refractivity contribution in [2.75, 3.05) is 17.1 Å². The van der Waals surface area contributed by atoms with Gasteiger partial charge in [0.2, 0.25) is 0 Å². The zero-order valence-corrected chi connectivity index (χ0v) is 17.5. The number of carbonyl (C=O) groups is 1. The lowest BCUT2D eigenvalue weighted by Gasteiger charge is -2.13. The third-order valence-corrected chi connectivity index (χ3v) is 5.84. The minimum Gasteiger partial charge on any atom is -0.495 e. The van der Waals surface area contributed by atoms with Gasteiger partial charge in [0.15, 0.2) is 0 Å². The van der Waals surface area contributed by atoms with Gasteiger partial charge in [0.25, 0.3) is 15.9 Å². The van der Waals surface area contributed by atoms with Gasteiger partial charge >= 0.3 is 0 Å². The molecule has 0 unspecified atom stereocenters. The van der Waals surface area contributed by atoms with E-state index in [1.165, 1.54) is 43.5 Å². The van der Waals surface area contributed by atoms with Crippen LogP contribution in [0, 0.1) is 19.7 Å². The normalized spacial score (nSPS) is 11.1. The zero-order valence-electron chi connectivity index (χ0n) is 16.7. The predicted molar refractivity (Wildman–Crippen MR) is 114 cm³/mol. The molecule has 0 aromatic heterocycles. The number of hydrogen-bond acceptors (Lipinski definition) is 4. The fraction of sp³-hybridized carbons (Fsp3) is 0.136. The van der Waals surface area contributed by atoms with Gasteiger partial charge in [-0.05, 0) is 67.9 Å². The topological polar surface area (TPSA) is 84.5 Å². The van der Waals surface area contributed by atoms with Crippen molar-refractivity contribution < 1.29 is 22.3 Å². The molecule has 156 valence electrons. The number of aryl methyl sites for hydroxylation is 2. The van der Waals surface area contributed by atoms with Crippen LogP contribution in [0.4, 0.5) is 15.8 Å². The number of nitrogens with one attached hydrogen (secondary N) is 2. The fourth-order valence-electron chi connectivity index (χ4n) is 2.79. The maximum Gasteiger partial charge on any atom is 0.265 e. The quantitative estimate of drug-likeness (QED) is 0.605. The Hall–Kier alpha value is -3.39. The smallest absolute Gasteiger partial charge is 0.265 e. The van der Waals surface area contributed by atoms with Gasteiger partial charge in [0.1, 0.15) is 16.5 Å². The second-order valence-corrected chi connectivity index (χ2v) is 8.41. The van der Waals surface area contributed by atoms with Crippen LogP contribution in [0.5, 0.6) is 5.75 Å². The van der Waals surface area contributed by atoms with Crippen LogP contribution in [0.15, 0.2) is 65.6 Å². The Morgan fingerprint density at radius 1 is 0.933 bits per heavy atom. The van der Waals surface area contributed by atoms with Gasteiger partial charge in [-0.15, -0.1) is 0 Å². The largest absolute Gasteiger partial charge is 0.495 e. The first-order chi connectivity index (χ1) is 14.2. The SMILES string of the molecule is COc1ccc(C(=O)Nc2ccc(F)c(C)c2)cc1S(=O)(=O)Nc1ccc(C)cc1. The van der Waals surface area contributed by atoms with Crippen LogP contribution in [0.25, 0.3) is 0 Å². The molecule has 3 rings (SSSR count). The number of methoxy groups -OCH3 is 1. The van der Waals surface area contributed by atoms with Crippen LogP contribution in [0.1, 0.15) is 21.5 Å². The third-order valence-electron chi connectivity index (χ3n) is 4.43. The highest BCUT2D eigenvalue weighted by molar-refractivity contribution is 7.92. The summed E-state index contributed by atoms with van der Waals surface area (Å²) in [5.41, 5.74) is 2.27. The standard InChI is InChI=1S/C22H21FN2O4S/c1-14-4-7-17(8-5-14)25-30(27,28)21-13-16(6-11-20(21)29-3)22(26)24-18-9-10-19(23)15(2)12-18/h4-13,25H,1-3H3,(H,24,26). The van der Waals surface area contributed by atoms with Crippen LogP contribution in [-0.4, -0.2) is 21.4 Å². The summed E-state index contributed by atoms with van der Waals surface area (Å²) in [4.78, 5) is 12.5. The molecule has 0 aliphatic carbocycles. The van der Waals surface area contributed by atoms with Crippen LogP contribution >= 0.6 is 0 Å². The molecule has 2 N–H and O–H groups in total. The lowest BCUT2D eigenvalue weighted by molar-refractivity contribution is 0.102. The first kappa shape index (κ1) is 21.3. The van der Waals surface area contributed by atoms with E-state index in [-0.39, 0.29) is 22.0 Å². The molecule has 3 aromatic rings. The van der Waals surface area contributed by atoms with Crippen molar-refractivity contribution in [1.82, 2.24) is 0 Å². The minimum absolute atomic E-state index is 0.101. The summed E-state index contributed by atoms with van der Waals surface area (Å²) < 4.78 is 46.9. The number of anilines is 2. The number of ether oxygens (including phenoxy) is 1. The number of rotatable bonds is 6. The van der Waals surface area contributed by atoms with E-state index >= 15 is 0 Å². The highest BCUT2D eigenvalue weighted by Gasteiger charge is 2.22. The number of carbonyl (C=O) groups excluding carboxylic acids is 1. The lowest BCUT2D eigenvalue weighted by atomic mass is 10.1. The molecular formula is C22H21FN2O4S. The highest BCUT2D eigenvalue weighted by atomic mass is 32.2. The molecular weight excluding hydrogens is 407 g/mol. The van der Waals surface area contributed by atoms with Gasteiger partial charge in [-0.1, -0.05) is 17.7 Å². The summed E-state index contributed by atoms with van der Waals surface area (Å²) in [6, 6.07) is 15.1. The van der Waals surface area contributed by atoms with E-state index in [2.05, 4.69) is 10.0 Å². The Bertz CT molecular complexity index is 1190. The van der Waals surface area contributed by atoms with Crippen LogP contribution in [0.3, 0.4) is 0 Å². The summed E-state index contributed by atoms with van der Waals surface area (Å²) in [6.07, 6.45) is 0. The second-order valence-electron chi connectivity index (χ2n) is 6.76. The van der Waals surface area contributed by atoms with Crippen molar-refractivity contribution >= 4 is 27.3 Å². The van der Waals surface area contributed by atoms with Crippen molar-refractivity contribution in [3.05, 3.63) is 83.2 Å². The van der Waals surface area contributed by atoms with E-state index in [0.717, 1.165) is 5.56 Å². The van der Waals surface area contributed by atoms with Gasteiger partial charge in [-0.25, -0.2) is 12.8 Å². The van der Waals surface area contributed by atoms with E-state index < -0.39 is 15.9 Å². The molecule has 0 heterocycles. The zero-order chi connectivity index (χ0) is 21.9. The summed E-state index contributed by atoms with van der Waals surface area (Å²) in [6.45, 7) is 3.48. The highest BCUT2D eigenvalue weighted by Crippen LogP contribution is 2.27. The Labute approximate surface area is 174 Å². The Balaban J connectivity index is 1.91.